The number of anilines is 1. The SMILES string of the molecule is COc1ccc(C(=O)C2CCN(C(=O)Nc3ccc(OC)c(Cc4ccccc4)c3)CC2)cc1. The average molecular weight is 459 g/mol. The van der Waals surface area contributed by atoms with Crippen molar-refractivity contribution in [3.05, 3.63) is 89.5 Å². The van der Waals surface area contributed by atoms with Crippen LogP contribution in [0.3, 0.4) is 0 Å². The lowest BCUT2D eigenvalue weighted by atomic mass is 9.89. The van der Waals surface area contributed by atoms with Crippen molar-refractivity contribution in [3.8, 4) is 11.5 Å². The number of nitrogens with zero attached hydrogens (tertiary/aromatic N) is 1. The first kappa shape index (κ1) is 23.4. The molecule has 3 aromatic rings. The minimum absolute atomic E-state index is 0.0732. The molecule has 0 atom stereocenters. The van der Waals surface area contributed by atoms with Crippen molar-refractivity contribution in [2.24, 2.45) is 5.92 Å². The van der Waals surface area contributed by atoms with E-state index in [2.05, 4.69) is 17.4 Å². The number of rotatable bonds is 7. The van der Waals surface area contributed by atoms with E-state index in [4.69, 9.17) is 9.47 Å². The van der Waals surface area contributed by atoms with Gasteiger partial charge in [0.1, 0.15) is 11.5 Å². The number of carbonyl (C=O) groups excluding carboxylic acids is 2. The van der Waals surface area contributed by atoms with E-state index >= 15 is 0 Å². The van der Waals surface area contributed by atoms with Gasteiger partial charge in [0.2, 0.25) is 0 Å². The molecule has 0 aliphatic carbocycles. The second-order valence-corrected chi connectivity index (χ2v) is 8.47. The van der Waals surface area contributed by atoms with Crippen molar-refractivity contribution in [3.63, 3.8) is 0 Å². The zero-order valence-electron chi connectivity index (χ0n) is 19.6. The summed E-state index contributed by atoms with van der Waals surface area (Å²) in [6.07, 6.45) is 2.02. The van der Waals surface area contributed by atoms with Crippen LogP contribution in [0.2, 0.25) is 0 Å². The van der Waals surface area contributed by atoms with Crippen LogP contribution in [0.15, 0.2) is 72.8 Å². The maximum atomic E-state index is 12.9. The molecule has 34 heavy (non-hydrogen) atoms. The molecule has 6 nitrogen and oxygen atoms in total. The average Bonchev–Trinajstić information content (AvgIpc) is 2.89. The Hall–Kier alpha value is -3.80. The molecule has 0 spiro atoms. The summed E-state index contributed by atoms with van der Waals surface area (Å²) in [7, 11) is 3.26. The van der Waals surface area contributed by atoms with Crippen molar-refractivity contribution in [2.45, 2.75) is 19.3 Å². The van der Waals surface area contributed by atoms with E-state index in [9.17, 15) is 9.59 Å². The molecule has 2 amide bonds. The van der Waals surface area contributed by atoms with Gasteiger partial charge in [-0.3, -0.25) is 4.79 Å². The molecule has 3 aromatic carbocycles. The van der Waals surface area contributed by atoms with Gasteiger partial charge >= 0.3 is 6.03 Å². The largest absolute Gasteiger partial charge is 0.497 e. The number of amides is 2. The molecular formula is C28H30N2O4. The number of nitrogens with one attached hydrogen (secondary N) is 1. The van der Waals surface area contributed by atoms with Crippen LogP contribution >= 0.6 is 0 Å². The summed E-state index contributed by atoms with van der Waals surface area (Å²) in [6.45, 7) is 1.09. The van der Waals surface area contributed by atoms with E-state index in [1.807, 2.05) is 36.4 Å². The van der Waals surface area contributed by atoms with Crippen LogP contribution in [0.4, 0.5) is 10.5 Å². The molecule has 0 unspecified atom stereocenters. The second kappa shape index (κ2) is 10.9. The molecule has 0 aromatic heterocycles. The number of carbonyl (C=O) groups is 2. The Balaban J connectivity index is 1.35. The molecule has 1 saturated heterocycles. The van der Waals surface area contributed by atoms with Gasteiger partial charge in [0.25, 0.3) is 0 Å². The first-order valence-corrected chi connectivity index (χ1v) is 11.5. The normalized spacial score (nSPS) is 13.9. The van der Waals surface area contributed by atoms with Gasteiger partial charge in [-0.25, -0.2) is 4.79 Å². The van der Waals surface area contributed by atoms with Gasteiger partial charge in [0, 0.05) is 42.2 Å². The van der Waals surface area contributed by atoms with E-state index in [1.54, 1.807) is 43.4 Å². The lowest BCUT2D eigenvalue weighted by Gasteiger charge is -2.31. The van der Waals surface area contributed by atoms with Crippen LogP contribution in [0.25, 0.3) is 0 Å². The zero-order chi connectivity index (χ0) is 23.9. The van der Waals surface area contributed by atoms with Crippen LogP contribution in [0.5, 0.6) is 11.5 Å². The Morgan fingerprint density at radius 2 is 1.62 bits per heavy atom. The van der Waals surface area contributed by atoms with Gasteiger partial charge in [-0.15, -0.1) is 0 Å². The van der Waals surface area contributed by atoms with E-state index in [0.29, 0.717) is 37.9 Å². The van der Waals surface area contributed by atoms with Crippen LogP contribution in [0.1, 0.15) is 34.3 Å². The fourth-order valence-corrected chi connectivity index (χ4v) is 4.35. The Bertz CT molecular complexity index is 1120. The van der Waals surface area contributed by atoms with Crippen molar-refractivity contribution in [1.82, 2.24) is 4.90 Å². The first-order chi connectivity index (χ1) is 16.6. The van der Waals surface area contributed by atoms with Gasteiger partial charge in [0.15, 0.2) is 5.78 Å². The lowest BCUT2D eigenvalue weighted by Crippen LogP contribution is -2.42. The highest BCUT2D eigenvalue weighted by atomic mass is 16.5. The van der Waals surface area contributed by atoms with Crippen LogP contribution in [-0.2, 0) is 6.42 Å². The predicted octanol–water partition coefficient (Wildman–Crippen LogP) is 5.42. The second-order valence-electron chi connectivity index (χ2n) is 8.47. The molecule has 0 radical (unpaired) electrons. The summed E-state index contributed by atoms with van der Waals surface area (Å²) in [6, 6.07) is 22.9. The highest BCUT2D eigenvalue weighted by Gasteiger charge is 2.28. The third kappa shape index (κ3) is 5.57. The number of benzene rings is 3. The van der Waals surface area contributed by atoms with E-state index in [-0.39, 0.29) is 17.7 Å². The predicted molar refractivity (Wildman–Crippen MR) is 133 cm³/mol. The quantitative estimate of drug-likeness (QED) is 0.480. The summed E-state index contributed by atoms with van der Waals surface area (Å²) >= 11 is 0. The molecule has 0 saturated carbocycles. The van der Waals surface area contributed by atoms with Crippen LogP contribution in [-0.4, -0.2) is 44.0 Å². The van der Waals surface area contributed by atoms with Crippen LogP contribution in [0, 0.1) is 5.92 Å². The van der Waals surface area contributed by atoms with Crippen molar-refractivity contribution >= 4 is 17.5 Å². The number of urea groups is 1. The van der Waals surface area contributed by atoms with Gasteiger partial charge < -0.3 is 19.7 Å². The number of hydrogen-bond acceptors (Lipinski definition) is 4. The van der Waals surface area contributed by atoms with Gasteiger partial charge in [-0.1, -0.05) is 30.3 Å². The number of piperidine rings is 1. The molecule has 1 aliphatic rings. The highest BCUT2D eigenvalue weighted by Crippen LogP contribution is 2.27. The first-order valence-electron chi connectivity index (χ1n) is 11.5. The standard InChI is InChI=1S/C28H30N2O4/c1-33-25-11-8-21(9-12-25)27(31)22-14-16-30(17-15-22)28(32)29-24-10-13-26(34-2)23(19-24)18-20-6-4-3-5-7-20/h3-13,19,22H,14-18H2,1-2H3,(H,29,32). The minimum Gasteiger partial charge on any atom is -0.497 e. The summed E-state index contributed by atoms with van der Waals surface area (Å²) in [5, 5.41) is 3.01. The maximum Gasteiger partial charge on any atom is 0.321 e. The Kier molecular flexibility index (Phi) is 7.48. The highest BCUT2D eigenvalue weighted by molar-refractivity contribution is 5.98. The molecular weight excluding hydrogens is 428 g/mol. The topological polar surface area (TPSA) is 67.9 Å². The summed E-state index contributed by atoms with van der Waals surface area (Å²) in [5.74, 6) is 1.58. The minimum atomic E-state index is -0.147. The van der Waals surface area contributed by atoms with Crippen molar-refractivity contribution in [2.75, 3.05) is 32.6 Å². The molecule has 0 bridgehead atoms. The summed E-state index contributed by atoms with van der Waals surface area (Å²) in [5.41, 5.74) is 3.60. The fourth-order valence-electron chi connectivity index (χ4n) is 4.35. The summed E-state index contributed by atoms with van der Waals surface area (Å²) < 4.78 is 10.7. The number of methoxy groups -OCH3 is 2. The molecule has 4 rings (SSSR count). The van der Waals surface area contributed by atoms with Gasteiger partial charge in [0.05, 0.1) is 14.2 Å². The number of ether oxygens (including phenoxy) is 2. The zero-order valence-corrected chi connectivity index (χ0v) is 19.6. The van der Waals surface area contributed by atoms with E-state index < -0.39 is 0 Å². The Morgan fingerprint density at radius 1 is 0.912 bits per heavy atom. The third-order valence-electron chi connectivity index (χ3n) is 6.30. The Morgan fingerprint density at radius 3 is 2.26 bits per heavy atom. The third-order valence-corrected chi connectivity index (χ3v) is 6.30. The molecule has 6 heteroatoms. The molecule has 1 fully saturated rings. The van der Waals surface area contributed by atoms with E-state index in [0.717, 1.165) is 22.7 Å². The smallest absolute Gasteiger partial charge is 0.321 e. The molecule has 1 aliphatic heterocycles. The number of likely N-dealkylation sites (tertiary alicyclic amines) is 1. The molecule has 1 N–H and O–H groups in total. The maximum absolute atomic E-state index is 12.9. The number of Topliss-reactive ketones (excluding diaryl/α,β-unsaturated/α-hetero) is 1. The van der Waals surface area contributed by atoms with Gasteiger partial charge in [-0.05, 0) is 60.9 Å². The molecule has 176 valence electrons. The Labute approximate surface area is 200 Å². The van der Waals surface area contributed by atoms with Gasteiger partial charge in [-0.2, -0.15) is 0 Å². The molecule has 1 heterocycles. The summed E-state index contributed by atoms with van der Waals surface area (Å²) in [4.78, 5) is 27.5. The fraction of sp³-hybridized carbons (Fsp3) is 0.286. The van der Waals surface area contributed by atoms with Crippen molar-refractivity contribution in [1.29, 1.82) is 0 Å². The van der Waals surface area contributed by atoms with Crippen LogP contribution < -0.4 is 14.8 Å². The number of hydrogen-bond donors (Lipinski definition) is 1. The lowest BCUT2D eigenvalue weighted by molar-refractivity contribution is 0.0859. The monoisotopic (exact) mass is 458 g/mol. The van der Waals surface area contributed by atoms with Crippen molar-refractivity contribution < 1.29 is 19.1 Å². The van der Waals surface area contributed by atoms with E-state index in [1.165, 1.54) is 5.56 Å². The number of ketones is 1.